The van der Waals surface area contributed by atoms with Crippen molar-refractivity contribution < 1.29 is 19.4 Å². The molecule has 0 spiro atoms. The van der Waals surface area contributed by atoms with E-state index in [0.29, 0.717) is 17.9 Å². The molecule has 0 unspecified atom stereocenters. The molecule has 218 valence electrons. The lowest BCUT2D eigenvalue weighted by Crippen LogP contribution is -2.30. The molecule has 0 radical (unpaired) electrons. The SMILES string of the molecule is CCCCCCCCCCCCCCCCN1C(=O)C(=O)C(=C(O)c2ccc(OC)cc2)[C@H]1c1ccc(Br)cc1. The zero-order chi connectivity index (χ0) is 28.7. The number of methoxy groups -OCH3 is 1. The lowest BCUT2D eigenvalue weighted by Gasteiger charge is -2.25. The molecule has 1 amide bonds. The number of amides is 1. The van der Waals surface area contributed by atoms with Gasteiger partial charge in [-0.15, -0.1) is 0 Å². The number of unbranched alkanes of at least 4 members (excludes halogenated alkanes) is 13. The minimum absolute atomic E-state index is 0.142. The van der Waals surface area contributed by atoms with E-state index in [-0.39, 0.29) is 11.3 Å². The molecule has 1 saturated heterocycles. The number of ether oxygens (including phenoxy) is 1. The van der Waals surface area contributed by atoms with Gasteiger partial charge in [0.2, 0.25) is 0 Å². The van der Waals surface area contributed by atoms with Crippen molar-refractivity contribution in [3.05, 3.63) is 69.7 Å². The van der Waals surface area contributed by atoms with Crippen molar-refractivity contribution in [2.45, 2.75) is 103 Å². The summed E-state index contributed by atoms with van der Waals surface area (Å²) in [7, 11) is 1.57. The number of aliphatic hydroxyl groups is 1. The first-order valence-corrected chi connectivity index (χ1v) is 16.0. The smallest absolute Gasteiger partial charge is 0.295 e. The van der Waals surface area contributed by atoms with Gasteiger partial charge in [0.05, 0.1) is 18.7 Å². The van der Waals surface area contributed by atoms with Crippen molar-refractivity contribution in [3.63, 3.8) is 0 Å². The van der Waals surface area contributed by atoms with E-state index >= 15 is 0 Å². The molecule has 1 aliphatic heterocycles. The summed E-state index contributed by atoms with van der Waals surface area (Å²) in [6, 6.07) is 13.9. The molecule has 0 aliphatic carbocycles. The quantitative estimate of drug-likeness (QED) is 0.0789. The third kappa shape index (κ3) is 9.22. The monoisotopic (exact) mass is 611 g/mol. The highest BCUT2D eigenvalue weighted by molar-refractivity contribution is 9.10. The summed E-state index contributed by atoms with van der Waals surface area (Å²) >= 11 is 3.47. The first-order chi connectivity index (χ1) is 19.5. The Bertz CT molecular complexity index is 1090. The molecule has 0 aromatic heterocycles. The van der Waals surface area contributed by atoms with Gasteiger partial charge in [0.25, 0.3) is 11.7 Å². The summed E-state index contributed by atoms with van der Waals surface area (Å²) in [6.07, 6.45) is 17.7. The van der Waals surface area contributed by atoms with Crippen molar-refractivity contribution in [2.24, 2.45) is 0 Å². The van der Waals surface area contributed by atoms with Crippen LogP contribution in [0.2, 0.25) is 0 Å². The third-order valence-electron chi connectivity index (χ3n) is 7.84. The van der Waals surface area contributed by atoms with Crippen LogP contribution in [0.4, 0.5) is 0 Å². The molecule has 3 rings (SSSR count). The van der Waals surface area contributed by atoms with Crippen LogP contribution in [0.15, 0.2) is 58.6 Å². The van der Waals surface area contributed by atoms with E-state index in [9.17, 15) is 14.7 Å². The number of rotatable bonds is 18. The predicted molar refractivity (Wildman–Crippen MR) is 166 cm³/mol. The Morgan fingerprint density at radius 1 is 0.775 bits per heavy atom. The fourth-order valence-corrected chi connectivity index (χ4v) is 5.75. The number of hydrogen-bond donors (Lipinski definition) is 1. The Labute approximate surface area is 249 Å². The van der Waals surface area contributed by atoms with Crippen LogP contribution in [-0.2, 0) is 9.59 Å². The summed E-state index contributed by atoms with van der Waals surface area (Å²) < 4.78 is 6.13. The van der Waals surface area contributed by atoms with Gasteiger partial charge in [0, 0.05) is 16.6 Å². The molecule has 5 nitrogen and oxygen atoms in total. The van der Waals surface area contributed by atoms with E-state index in [1.54, 1.807) is 36.3 Å². The Hall–Kier alpha value is -2.60. The number of ketones is 1. The lowest BCUT2D eigenvalue weighted by molar-refractivity contribution is -0.139. The van der Waals surface area contributed by atoms with Gasteiger partial charge in [-0.2, -0.15) is 0 Å². The summed E-state index contributed by atoms with van der Waals surface area (Å²) in [5, 5.41) is 11.2. The predicted octanol–water partition coefficient (Wildman–Crippen LogP) is 9.36. The summed E-state index contributed by atoms with van der Waals surface area (Å²) in [5.74, 6) is -0.680. The fraction of sp³-hybridized carbons (Fsp3) is 0.529. The van der Waals surface area contributed by atoms with E-state index < -0.39 is 17.7 Å². The minimum atomic E-state index is -0.633. The highest BCUT2D eigenvalue weighted by atomic mass is 79.9. The van der Waals surface area contributed by atoms with E-state index in [0.717, 1.165) is 29.3 Å². The summed E-state index contributed by atoms with van der Waals surface area (Å²) in [6.45, 7) is 2.75. The number of hydrogen-bond acceptors (Lipinski definition) is 4. The number of carbonyl (C=O) groups excluding carboxylic acids is 2. The number of Topliss-reactive ketones (excluding diaryl/α,β-unsaturated/α-hetero) is 1. The van der Waals surface area contributed by atoms with Crippen molar-refractivity contribution in [1.29, 1.82) is 0 Å². The van der Waals surface area contributed by atoms with E-state index in [4.69, 9.17) is 4.74 Å². The molecule has 1 atom stereocenters. The van der Waals surface area contributed by atoms with Crippen LogP contribution < -0.4 is 4.74 Å². The molecule has 6 heteroatoms. The number of nitrogens with zero attached hydrogens (tertiary/aromatic N) is 1. The zero-order valence-corrected chi connectivity index (χ0v) is 25.9. The average molecular weight is 613 g/mol. The average Bonchev–Trinajstić information content (AvgIpc) is 3.22. The maximum absolute atomic E-state index is 13.2. The molecule has 0 saturated carbocycles. The van der Waals surface area contributed by atoms with Crippen LogP contribution >= 0.6 is 15.9 Å². The zero-order valence-electron chi connectivity index (χ0n) is 24.3. The Balaban J connectivity index is 1.54. The van der Waals surface area contributed by atoms with Crippen LogP contribution in [0.1, 0.15) is 114 Å². The Morgan fingerprint density at radius 3 is 1.77 bits per heavy atom. The number of likely N-dealkylation sites (tertiary alicyclic amines) is 1. The highest BCUT2D eigenvalue weighted by Gasteiger charge is 2.45. The van der Waals surface area contributed by atoms with Gasteiger partial charge in [-0.25, -0.2) is 0 Å². The van der Waals surface area contributed by atoms with Crippen molar-refractivity contribution >= 4 is 33.4 Å². The lowest BCUT2D eigenvalue weighted by atomic mass is 9.95. The van der Waals surface area contributed by atoms with Crippen LogP contribution in [0.3, 0.4) is 0 Å². The molecular weight excluding hydrogens is 566 g/mol. The number of benzene rings is 2. The van der Waals surface area contributed by atoms with Crippen LogP contribution in [0.5, 0.6) is 5.75 Å². The second kappa shape index (κ2) is 17.3. The molecule has 2 aromatic carbocycles. The molecule has 1 N–H and O–H groups in total. The minimum Gasteiger partial charge on any atom is -0.507 e. The number of carbonyl (C=O) groups is 2. The van der Waals surface area contributed by atoms with Crippen molar-refractivity contribution in [2.75, 3.05) is 13.7 Å². The van der Waals surface area contributed by atoms with Gasteiger partial charge in [0.1, 0.15) is 11.5 Å². The summed E-state index contributed by atoms with van der Waals surface area (Å²) in [5.41, 5.74) is 1.43. The van der Waals surface area contributed by atoms with Crippen molar-refractivity contribution in [3.8, 4) is 5.75 Å². The molecule has 1 heterocycles. The van der Waals surface area contributed by atoms with Gasteiger partial charge in [-0.1, -0.05) is 118 Å². The normalized spacial score (nSPS) is 16.6. The van der Waals surface area contributed by atoms with Crippen LogP contribution in [-0.4, -0.2) is 35.4 Å². The maximum Gasteiger partial charge on any atom is 0.295 e. The molecule has 0 bridgehead atoms. The van der Waals surface area contributed by atoms with Gasteiger partial charge >= 0.3 is 0 Å². The standard InChI is InChI=1S/C34H46BrNO4/c1-3-4-5-6-7-8-9-10-11-12-13-14-15-16-25-36-31(26-17-21-28(35)22-18-26)30(33(38)34(36)39)32(37)27-19-23-29(40-2)24-20-27/h17-24,31,37H,3-16,25H2,1-2H3/t31-/m1/s1. The molecular formula is C34H46BrNO4. The van der Waals surface area contributed by atoms with E-state index in [1.807, 2.05) is 24.3 Å². The van der Waals surface area contributed by atoms with E-state index in [1.165, 1.54) is 70.6 Å². The topological polar surface area (TPSA) is 66.8 Å². The Kier molecular flexibility index (Phi) is 13.8. The second-order valence-corrected chi connectivity index (χ2v) is 11.8. The maximum atomic E-state index is 13.2. The highest BCUT2D eigenvalue weighted by Crippen LogP contribution is 2.40. The molecule has 40 heavy (non-hydrogen) atoms. The van der Waals surface area contributed by atoms with Gasteiger partial charge < -0.3 is 14.7 Å². The Morgan fingerprint density at radius 2 is 1.27 bits per heavy atom. The van der Waals surface area contributed by atoms with E-state index in [2.05, 4.69) is 22.9 Å². The van der Waals surface area contributed by atoms with Crippen LogP contribution in [0, 0.1) is 0 Å². The van der Waals surface area contributed by atoms with Gasteiger partial charge in [-0.05, 0) is 48.4 Å². The number of aliphatic hydroxyl groups excluding tert-OH is 1. The molecule has 1 fully saturated rings. The molecule has 1 aliphatic rings. The summed E-state index contributed by atoms with van der Waals surface area (Å²) in [4.78, 5) is 28.0. The first-order valence-electron chi connectivity index (χ1n) is 15.2. The third-order valence-corrected chi connectivity index (χ3v) is 8.37. The van der Waals surface area contributed by atoms with Gasteiger partial charge in [-0.3, -0.25) is 9.59 Å². The van der Waals surface area contributed by atoms with Gasteiger partial charge in [0.15, 0.2) is 0 Å². The fourth-order valence-electron chi connectivity index (χ4n) is 5.48. The first kappa shape index (κ1) is 31.9. The largest absolute Gasteiger partial charge is 0.507 e. The molecule has 2 aromatic rings. The van der Waals surface area contributed by atoms with Crippen LogP contribution in [0.25, 0.3) is 5.76 Å². The second-order valence-electron chi connectivity index (χ2n) is 10.9. The number of halogens is 1. The van der Waals surface area contributed by atoms with Crippen molar-refractivity contribution in [1.82, 2.24) is 4.90 Å².